The number of nitrogens with one attached hydrogen (secondary N) is 3. The quantitative estimate of drug-likeness (QED) is 0.227. The monoisotopic (exact) mass is 623 g/mol. The molecule has 2 heterocycles. The highest BCUT2D eigenvalue weighted by molar-refractivity contribution is 7.13. The molecule has 0 bridgehead atoms. The van der Waals surface area contributed by atoms with Crippen LogP contribution in [-0.4, -0.2) is 75.6 Å². The molecule has 0 saturated carbocycles. The number of aryl methyl sites for hydroxylation is 1. The number of carbonyl (C=O) groups is 4. The number of aliphatic hydroxyl groups excluding tert-OH is 1. The van der Waals surface area contributed by atoms with Crippen LogP contribution < -0.4 is 16.1 Å². The van der Waals surface area contributed by atoms with E-state index < -0.39 is 53.0 Å². The highest BCUT2D eigenvalue weighted by atomic mass is 32.1. The molecule has 4 rings (SSSR count). The zero-order valence-electron chi connectivity index (χ0n) is 25.2. The third-order valence-corrected chi connectivity index (χ3v) is 8.38. The normalized spacial score (nSPS) is 17.2. The van der Waals surface area contributed by atoms with Gasteiger partial charge in [0.05, 0.1) is 40.4 Å². The number of aliphatic hydroxyl groups is 1. The van der Waals surface area contributed by atoms with E-state index in [1.165, 1.54) is 30.2 Å². The van der Waals surface area contributed by atoms with Crippen LogP contribution in [-0.2, 0) is 21.0 Å². The summed E-state index contributed by atoms with van der Waals surface area (Å²) in [6, 6.07) is 9.72. The van der Waals surface area contributed by atoms with Gasteiger partial charge in [-0.1, -0.05) is 51.1 Å². The van der Waals surface area contributed by atoms with E-state index in [0.29, 0.717) is 0 Å². The number of benzene rings is 2. The first kappa shape index (κ1) is 32.6. The molecule has 13 heteroatoms. The summed E-state index contributed by atoms with van der Waals surface area (Å²) in [4.78, 5) is 63.9. The number of β-amino-alcohol motifs (C(OH)–C–C–N with tert-alkyl or cyclic N) is 1. The summed E-state index contributed by atoms with van der Waals surface area (Å²) in [7, 11) is 1.23. The van der Waals surface area contributed by atoms with Gasteiger partial charge in [-0.05, 0) is 35.6 Å². The topological polar surface area (TPSA) is 170 Å². The Morgan fingerprint density at radius 2 is 1.75 bits per heavy atom. The number of hydrogen-bond acceptors (Lipinski definition) is 9. The highest BCUT2D eigenvalue weighted by Crippen LogP contribution is 2.29. The van der Waals surface area contributed by atoms with Crippen molar-refractivity contribution >= 4 is 35.0 Å². The first-order valence-electron chi connectivity index (χ1n) is 14.0. The molecule has 1 fully saturated rings. The molecule has 3 aromatic rings. The van der Waals surface area contributed by atoms with Gasteiger partial charge in [-0.25, -0.2) is 10.5 Å². The van der Waals surface area contributed by atoms with E-state index in [-0.39, 0.29) is 30.6 Å². The summed E-state index contributed by atoms with van der Waals surface area (Å²) >= 11 is 1.56. The summed E-state index contributed by atoms with van der Waals surface area (Å²) in [5, 5.41) is 26.6. The van der Waals surface area contributed by atoms with E-state index in [1.54, 1.807) is 37.6 Å². The number of para-hydroxylation sites is 1. The summed E-state index contributed by atoms with van der Waals surface area (Å²) < 4.78 is 0. The molecule has 12 nitrogen and oxygen atoms in total. The second-order valence-corrected chi connectivity index (χ2v) is 12.5. The van der Waals surface area contributed by atoms with Gasteiger partial charge in [0.25, 0.3) is 11.8 Å². The van der Waals surface area contributed by atoms with Crippen LogP contribution in [0.5, 0.6) is 5.75 Å². The first-order chi connectivity index (χ1) is 20.8. The highest BCUT2D eigenvalue weighted by Gasteiger charge is 2.44. The number of aromatic hydroxyl groups is 1. The molecule has 44 heavy (non-hydrogen) atoms. The van der Waals surface area contributed by atoms with E-state index in [2.05, 4.69) is 25.9 Å². The predicted octanol–water partition coefficient (Wildman–Crippen LogP) is 2.54. The van der Waals surface area contributed by atoms with Crippen LogP contribution in [0.25, 0.3) is 10.4 Å². The van der Waals surface area contributed by atoms with Gasteiger partial charge < -0.3 is 25.7 Å². The summed E-state index contributed by atoms with van der Waals surface area (Å²) in [5.41, 5.74) is 5.50. The van der Waals surface area contributed by atoms with Crippen molar-refractivity contribution in [3.8, 4) is 16.2 Å². The molecule has 0 unspecified atom stereocenters. The number of amides is 4. The Kier molecular flexibility index (Phi) is 10.0. The fourth-order valence-corrected chi connectivity index (χ4v) is 5.86. The maximum atomic E-state index is 13.9. The number of carbonyl (C=O) groups excluding carboxylic acids is 4. The van der Waals surface area contributed by atoms with Crippen LogP contribution in [0.1, 0.15) is 59.2 Å². The van der Waals surface area contributed by atoms with Crippen molar-refractivity contribution in [1.29, 1.82) is 0 Å². The molecule has 1 saturated heterocycles. The van der Waals surface area contributed by atoms with Gasteiger partial charge in [-0.3, -0.25) is 24.0 Å². The molecule has 4 amide bonds. The number of phenolic OH excluding ortho intramolecular Hbond substituents is 1. The lowest BCUT2D eigenvalue weighted by Gasteiger charge is -2.35. The fourth-order valence-electron chi connectivity index (χ4n) is 5.05. The Hall–Kier alpha value is -4.33. The third kappa shape index (κ3) is 7.24. The summed E-state index contributed by atoms with van der Waals surface area (Å²) in [6.45, 7) is 7.33. The Morgan fingerprint density at radius 1 is 1.09 bits per heavy atom. The van der Waals surface area contributed by atoms with Gasteiger partial charge >= 0.3 is 0 Å². The number of phenols is 1. The zero-order chi connectivity index (χ0) is 32.2. The van der Waals surface area contributed by atoms with E-state index >= 15 is 0 Å². The lowest BCUT2D eigenvalue weighted by molar-refractivity contribution is -0.142. The SMILES string of the molecule is CONC(=O)c1cccc(C(=O)N[C@H](C(=O)N2C[C@H](O)C[C@H]2C(=O)NCc2ccc(-c3scnc3C)cc2)C(C)(C)C)c1O. The van der Waals surface area contributed by atoms with Crippen molar-refractivity contribution in [2.75, 3.05) is 13.7 Å². The second-order valence-electron chi connectivity index (χ2n) is 11.7. The molecule has 5 N–H and O–H groups in total. The largest absolute Gasteiger partial charge is 0.506 e. The van der Waals surface area contributed by atoms with Crippen LogP contribution >= 0.6 is 11.3 Å². The number of hydrogen-bond donors (Lipinski definition) is 5. The molecule has 1 aliphatic rings. The molecule has 0 spiro atoms. The van der Waals surface area contributed by atoms with Crippen molar-refractivity contribution in [3.05, 3.63) is 70.4 Å². The Bertz CT molecular complexity index is 1530. The Labute approximate surface area is 259 Å². The zero-order valence-corrected chi connectivity index (χ0v) is 26.0. The van der Waals surface area contributed by atoms with Gasteiger partial charge in [0, 0.05) is 19.5 Å². The van der Waals surface area contributed by atoms with Crippen LogP contribution in [0.2, 0.25) is 0 Å². The average molecular weight is 624 g/mol. The minimum atomic E-state index is -1.13. The summed E-state index contributed by atoms with van der Waals surface area (Å²) in [5.74, 6) is -3.11. The van der Waals surface area contributed by atoms with E-state index in [9.17, 15) is 29.4 Å². The molecule has 3 atom stereocenters. The standard InChI is InChI=1S/C31H37N5O7S/c1-17-25(44-16-33-17)19-11-9-18(10-12-19)14-32-29(41)23-13-20(37)15-36(23)30(42)26(31(2,3)4)34-27(39)21-7-6-8-22(24(21)38)28(40)35-43-5/h6-12,16,20,23,26,37-38H,13-15H2,1-5H3,(H,32,41)(H,34,39)(H,35,40)/t20-,23+,26-/m1/s1. The number of thiazole rings is 1. The first-order valence-corrected chi connectivity index (χ1v) is 14.9. The summed E-state index contributed by atoms with van der Waals surface area (Å²) in [6.07, 6.45) is -0.878. The molecule has 0 radical (unpaired) electrons. The lowest BCUT2D eigenvalue weighted by Crippen LogP contribution is -2.57. The van der Waals surface area contributed by atoms with E-state index in [1.807, 2.05) is 31.2 Å². The second kappa shape index (κ2) is 13.5. The predicted molar refractivity (Wildman–Crippen MR) is 164 cm³/mol. The van der Waals surface area contributed by atoms with E-state index in [4.69, 9.17) is 0 Å². The van der Waals surface area contributed by atoms with Gasteiger partial charge in [0.1, 0.15) is 17.8 Å². The van der Waals surface area contributed by atoms with Crippen LogP contribution in [0, 0.1) is 12.3 Å². The molecular weight excluding hydrogens is 586 g/mol. The van der Waals surface area contributed by atoms with Gasteiger partial charge in [0.15, 0.2) is 0 Å². The fraction of sp³-hybridized carbons (Fsp3) is 0.387. The van der Waals surface area contributed by atoms with Crippen LogP contribution in [0.4, 0.5) is 0 Å². The average Bonchev–Trinajstić information content (AvgIpc) is 3.59. The number of nitrogens with zero attached hydrogens (tertiary/aromatic N) is 2. The van der Waals surface area contributed by atoms with Crippen molar-refractivity contribution in [3.63, 3.8) is 0 Å². The molecule has 2 aromatic carbocycles. The molecule has 1 aliphatic heterocycles. The molecule has 0 aliphatic carbocycles. The maximum absolute atomic E-state index is 13.9. The number of aromatic nitrogens is 1. The van der Waals surface area contributed by atoms with Gasteiger partial charge in [0.2, 0.25) is 11.8 Å². The number of hydroxylamine groups is 1. The third-order valence-electron chi connectivity index (χ3n) is 7.40. The van der Waals surface area contributed by atoms with Crippen LogP contribution in [0.15, 0.2) is 48.0 Å². The number of rotatable bonds is 9. The minimum Gasteiger partial charge on any atom is -0.506 e. The van der Waals surface area contributed by atoms with Gasteiger partial charge in [-0.15, -0.1) is 11.3 Å². The van der Waals surface area contributed by atoms with Crippen molar-refractivity contribution < 1.29 is 34.2 Å². The molecule has 1 aromatic heterocycles. The lowest BCUT2D eigenvalue weighted by atomic mass is 9.85. The Morgan fingerprint density at radius 3 is 2.34 bits per heavy atom. The van der Waals surface area contributed by atoms with Crippen molar-refractivity contribution in [2.24, 2.45) is 5.41 Å². The Balaban J connectivity index is 1.47. The molecule has 234 valence electrons. The minimum absolute atomic E-state index is 0.0451. The van der Waals surface area contributed by atoms with Crippen LogP contribution in [0.3, 0.4) is 0 Å². The van der Waals surface area contributed by atoms with E-state index in [0.717, 1.165) is 21.7 Å². The van der Waals surface area contributed by atoms with Gasteiger partial charge in [-0.2, -0.15) is 0 Å². The van der Waals surface area contributed by atoms with Crippen molar-refractivity contribution in [2.45, 2.75) is 58.8 Å². The maximum Gasteiger partial charge on any atom is 0.278 e. The molecular formula is C31H37N5O7S. The van der Waals surface area contributed by atoms with Crippen molar-refractivity contribution in [1.82, 2.24) is 26.0 Å². The smallest absolute Gasteiger partial charge is 0.278 e. The number of likely N-dealkylation sites (tertiary alicyclic amines) is 1.